The topological polar surface area (TPSA) is 0 Å². The van der Waals surface area contributed by atoms with Crippen molar-refractivity contribution in [1.29, 1.82) is 0 Å². The van der Waals surface area contributed by atoms with E-state index >= 15 is 0 Å². The predicted octanol–water partition coefficient (Wildman–Crippen LogP) is 4.16. The van der Waals surface area contributed by atoms with Crippen molar-refractivity contribution >= 4 is 71.6 Å². The van der Waals surface area contributed by atoms with Crippen LogP contribution in [-0.4, -0.2) is 8.07 Å². The zero-order valence-electron chi connectivity index (χ0n) is 8.38. The molecule has 0 N–H and O–H groups in total. The molecule has 0 aromatic carbocycles. The maximum Gasteiger partial charge on any atom is 0.137 e. The third kappa shape index (κ3) is 2.47. The molecule has 0 unspecified atom stereocenters. The first-order valence-corrected chi connectivity index (χ1v) is 10.7. The van der Waals surface area contributed by atoms with Gasteiger partial charge in [0.25, 0.3) is 0 Å². The van der Waals surface area contributed by atoms with Crippen LogP contribution < -0.4 is 9.00 Å². The smallest absolute Gasteiger partial charge is 0.137 e. The zero-order chi connectivity index (χ0) is 11.1. The first-order chi connectivity index (χ1) is 7.00. The van der Waals surface area contributed by atoms with Crippen molar-refractivity contribution < 1.29 is 0 Å². The fourth-order valence-electron chi connectivity index (χ4n) is 1.42. The second-order valence-corrected chi connectivity index (χ2v) is 13.8. The van der Waals surface area contributed by atoms with Gasteiger partial charge in [0.2, 0.25) is 0 Å². The molecule has 80 valence electrons. The van der Waals surface area contributed by atoms with E-state index in [2.05, 4.69) is 69.2 Å². The molecule has 0 saturated carbocycles. The lowest BCUT2D eigenvalue weighted by Gasteiger charge is -2.18. The summed E-state index contributed by atoms with van der Waals surface area (Å²) in [5.41, 5.74) is 0. The van der Waals surface area contributed by atoms with Crippen molar-refractivity contribution in [3.63, 3.8) is 0 Å². The Bertz CT molecular complexity index is 431. The fourth-order valence-corrected chi connectivity index (χ4v) is 9.39. The molecule has 0 aliphatic rings. The van der Waals surface area contributed by atoms with Crippen molar-refractivity contribution in [1.82, 2.24) is 0 Å². The summed E-state index contributed by atoms with van der Waals surface area (Å²) in [4.78, 5) is 0. The van der Waals surface area contributed by atoms with Gasteiger partial charge in [-0.2, -0.15) is 0 Å². The average Bonchev–Trinajstić information content (AvgIpc) is 2.74. The van der Waals surface area contributed by atoms with Gasteiger partial charge in [0.1, 0.15) is 8.07 Å². The van der Waals surface area contributed by atoms with Gasteiger partial charge in [-0.3, -0.25) is 0 Å². The molecule has 0 bridgehead atoms. The molecule has 5 heteroatoms. The second kappa shape index (κ2) is 4.45. The summed E-state index contributed by atoms with van der Waals surface area (Å²) in [7, 11) is -1.44. The molecule has 2 aromatic rings. The predicted molar refractivity (Wildman–Crippen MR) is 80.8 cm³/mol. The molecule has 2 heterocycles. The number of hydrogen-bond acceptors (Lipinski definition) is 2. The summed E-state index contributed by atoms with van der Waals surface area (Å²) >= 11 is 10.8. The van der Waals surface area contributed by atoms with Gasteiger partial charge < -0.3 is 0 Å². The fraction of sp³-hybridized carbons (Fsp3) is 0.200. The first-order valence-electron chi connectivity index (χ1n) is 4.52. The highest BCUT2D eigenvalue weighted by atomic mass is 79.9. The van der Waals surface area contributed by atoms with E-state index in [1.807, 2.05) is 22.7 Å². The molecule has 0 fully saturated rings. The highest BCUT2D eigenvalue weighted by molar-refractivity contribution is 9.11. The van der Waals surface area contributed by atoms with Crippen LogP contribution in [0.5, 0.6) is 0 Å². The molecule has 0 nitrogen and oxygen atoms in total. The summed E-state index contributed by atoms with van der Waals surface area (Å²) in [6.45, 7) is 4.81. The van der Waals surface area contributed by atoms with Gasteiger partial charge >= 0.3 is 0 Å². The number of hydrogen-bond donors (Lipinski definition) is 0. The van der Waals surface area contributed by atoms with Crippen molar-refractivity contribution in [2.45, 2.75) is 13.1 Å². The maximum absolute atomic E-state index is 3.54. The summed E-state index contributed by atoms with van der Waals surface area (Å²) in [5.74, 6) is 0. The Labute approximate surface area is 116 Å². The molecule has 15 heavy (non-hydrogen) atoms. The lowest BCUT2D eigenvalue weighted by molar-refractivity contribution is 1.85. The minimum absolute atomic E-state index is 1.23. The molecule has 0 atom stereocenters. The van der Waals surface area contributed by atoms with E-state index in [1.54, 1.807) is 0 Å². The van der Waals surface area contributed by atoms with Crippen LogP contribution in [0.4, 0.5) is 0 Å². The lowest BCUT2D eigenvalue weighted by Crippen LogP contribution is -2.49. The molecule has 2 rings (SSSR count). The minimum atomic E-state index is -1.44. The maximum atomic E-state index is 3.54. The van der Waals surface area contributed by atoms with Gasteiger partial charge in [-0.15, -0.1) is 22.7 Å². The summed E-state index contributed by atoms with van der Waals surface area (Å²) in [5, 5.41) is 0. The van der Waals surface area contributed by atoms with Gasteiger partial charge in [-0.1, -0.05) is 25.2 Å². The molecule has 0 spiro atoms. The van der Waals surface area contributed by atoms with E-state index in [-0.39, 0.29) is 0 Å². The van der Waals surface area contributed by atoms with E-state index in [1.165, 1.54) is 16.6 Å². The van der Waals surface area contributed by atoms with E-state index in [0.29, 0.717) is 0 Å². The molecule has 0 radical (unpaired) electrons. The summed E-state index contributed by atoms with van der Waals surface area (Å²) < 4.78 is 5.52. The van der Waals surface area contributed by atoms with E-state index < -0.39 is 8.07 Å². The van der Waals surface area contributed by atoms with Gasteiger partial charge in [0, 0.05) is 0 Å². The zero-order valence-corrected chi connectivity index (χ0v) is 14.2. The lowest BCUT2D eigenvalue weighted by atomic mass is 10.7. The average molecular weight is 382 g/mol. The van der Waals surface area contributed by atoms with Crippen LogP contribution in [0.3, 0.4) is 0 Å². The van der Waals surface area contributed by atoms with Crippen LogP contribution in [0.25, 0.3) is 0 Å². The van der Waals surface area contributed by atoms with Crippen molar-refractivity contribution in [3.8, 4) is 0 Å². The Morgan fingerprint density at radius 1 is 0.867 bits per heavy atom. The first kappa shape index (κ1) is 12.0. The number of thiophene rings is 2. The third-order valence-corrected chi connectivity index (χ3v) is 11.7. The normalized spacial score (nSPS) is 12.0. The van der Waals surface area contributed by atoms with Gasteiger partial charge in [0.15, 0.2) is 0 Å². The van der Waals surface area contributed by atoms with Gasteiger partial charge in [-0.25, -0.2) is 0 Å². The monoisotopic (exact) mass is 380 g/mol. The van der Waals surface area contributed by atoms with Gasteiger partial charge in [-0.05, 0) is 53.0 Å². The second-order valence-electron chi connectivity index (χ2n) is 3.83. The molecule has 2 aromatic heterocycles. The van der Waals surface area contributed by atoms with Crippen molar-refractivity contribution in [2.24, 2.45) is 0 Å². The molecule has 0 aliphatic heterocycles. The minimum Gasteiger partial charge on any atom is -0.138 e. The van der Waals surface area contributed by atoms with Crippen molar-refractivity contribution in [2.75, 3.05) is 0 Å². The van der Waals surface area contributed by atoms with Crippen LogP contribution in [-0.2, 0) is 0 Å². The van der Waals surface area contributed by atoms with Crippen LogP contribution in [0, 0.1) is 0 Å². The van der Waals surface area contributed by atoms with Crippen LogP contribution >= 0.6 is 54.5 Å². The summed E-state index contributed by atoms with van der Waals surface area (Å²) in [6, 6.07) is 8.82. The number of halogens is 2. The molecule has 0 aliphatic carbocycles. The SMILES string of the molecule is C[Si](C)(c1ccc(Br)s1)c1ccc(Br)s1. The number of rotatable bonds is 2. The Hall–Kier alpha value is 0.577. The highest BCUT2D eigenvalue weighted by Crippen LogP contribution is 2.22. The Morgan fingerprint density at radius 3 is 1.53 bits per heavy atom. The van der Waals surface area contributed by atoms with Crippen LogP contribution in [0.2, 0.25) is 13.1 Å². The Morgan fingerprint density at radius 2 is 1.27 bits per heavy atom. The third-order valence-electron chi connectivity index (χ3n) is 2.38. The summed E-state index contributed by atoms with van der Waals surface area (Å²) in [6.07, 6.45) is 0. The molecule has 0 saturated heterocycles. The highest BCUT2D eigenvalue weighted by Gasteiger charge is 2.29. The van der Waals surface area contributed by atoms with E-state index in [4.69, 9.17) is 0 Å². The van der Waals surface area contributed by atoms with E-state index in [0.717, 1.165) is 0 Å². The van der Waals surface area contributed by atoms with Gasteiger partial charge in [0.05, 0.1) is 7.57 Å². The van der Waals surface area contributed by atoms with Crippen LogP contribution in [0.1, 0.15) is 0 Å². The standard InChI is InChI=1S/C10H10Br2S2Si/c1-15(2,9-5-3-7(11)13-9)10-6-4-8(12)14-10/h3-6H,1-2H3. The molecule has 0 amide bonds. The van der Waals surface area contributed by atoms with Crippen molar-refractivity contribution in [3.05, 3.63) is 31.8 Å². The van der Waals surface area contributed by atoms with Crippen LogP contribution in [0.15, 0.2) is 31.8 Å². The molecular weight excluding hydrogens is 372 g/mol. The molecular formula is C10H10Br2S2Si. The van der Waals surface area contributed by atoms with E-state index in [9.17, 15) is 0 Å². The Kier molecular flexibility index (Phi) is 3.57. The quantitative estimate of drug-likeness (QED) is 0.685. The Balaban J connectivity index is 2.42. The largest absolute Gasteiger partial charge is 0.138 e.